The molecule has 33 heavy (non-hydrogen) atoms. The number of fused-ring (bicyclic) bond motifs is 2. The average Bonchev–Trinajstić information content (AvgIpc) is 2.90. The maximum Gasteiger partial charge on any atom is 0.416 e. The van der Waals surface area contributed by atoms with E-state index in [-0.39, 0.29) is 18.0 Å². The Labute approximate surface area is 191 Å². The highest BCUT2D eigenvalue weighted by Crippen LogP contribution is 2.37. The van der Waals surface area contributed by atoms with Crippen molar-refractivity contribution in [2.45, 2.75) is 29.4 Å². The molecule has 3 aromatic carbocycles. The van der Waals surface area contributed by atoms with Gasteiger partial charge in [-0.1, -0.05) is 24.3 Å². The van der Waals surface area contributed by atoms with Crippen LogP contribution in [0, 0.1) is 0 Å². The van der Waals surface area contributed by atoms with E-state index in [2.05, 4.69) is 5.32 Å². The summed E-state index contributed by atoms with van der Waals surface area (Å²) in [5.41, 5.74) is 0.413. The zero-order valence-electron chi connectivity index (χ0n) is 17.5. The van der Waals surface area contributed by atoms with Crippen LogP contribution in [0.1, 0.15) is 38.8 Å². The number of halogens is 3. The van der Waals surface area contributed by atoms with Gasteiger partial charge in [-0.2, -0.15) is 13.2 Å². The molecule has 0 aliphatic carbocycles. The maximum atomic E-state index is 13.2. The van der Waals surface area contributed by atoms with Crippen molar-refractivity contribution in [3.8, 4) is 0 Å². The van der Waals surface area contributed by atoms with Crippen LogP contribution in [0.3, 0.4) is 0 Å². The van der Waals surface area contributed by atoms with Gasteiger partial charge in [0.25, 0.3) is 11.8 Å². The van der Waals surface area contributed by atoms with Crippen molar-refractivity contribution in [3.05, 3.63) is 89.0 Å². The molecule has 1 unspecified atom stereocenters. The van der Waals surface area contributed by atoms with Gasteiger partial charge < -0.3 is 14.8 Å². The van der Waals surface area contributed by atoms with Gasteiger partial charge >= 0.3 is 6.18 Å². The lowest BCUT2D eigenvalue weighted by Gasteiger charge is -2.20. The summed E-state index contributed by atoms with van der Waals surface area (Å²) in [7, 11) is 0. The molecule has 3 aromatic rings. The molecule has 0 aromatic heterocycles. The Balaban J connectivity index is 1.61. The second kappa shape index (κ2) is 8.92. The Morgan fingerprint density at radius 2 is 1.79 bits per heavy atom. The van der Waals surface area contributed by atoms with Gasteiger partial charge in [0.05, 0.1) is 11.1 Å². The molecule has 1 aliphatic rings. The molecule has 0 radical (unpaired) electrons. The summed E-state index contributed by atoms with van der Waals surface area (Å²) < 4.78 is 51.9. The first-order valence-electron chi connectivity index (χ1n) is 10.1. The molecule has 4 rings (SSSR count). The minimum Gasteiger partial charge on any atom is -0.606 e. The van der Waals surface area contributed by atoms with Crippen LogP contribution in [0.25, 0.3) is 0 Å². The van der Waals surface area contributed by atoms with Gasteiger partial charge in [0.2, 0.25) is 0 Å². The van der Waals surface area contributed by atoms with Gasteiger partial charge in [-0.15, -0.1) is 0 Å². The normalized spacial score (nSPS) is 15.5. The molecule has 1 atom stereocenters. The molecule has 1 heterocycles. The Morgan fingerprint density at radius 1 is 1.03 bits per heavy atom. The van der Waals surface area contributed by atoms with E-state index in [4.69, 9.17) is 0 Å². The number of anilines is 1. The Bertz CT molecular complexity index is 1230. The van der Waals surface area contributed by atoms with Gasteiger partial charge in [-0.05, 0) is 55.0 Å². The number of amides is 2. The summed E-state index contributed by atoms with van der Waals surface area (Å²) in [5.74, 6) is -0.840. The van der Waals surface area contributed by atoms with Crippen LogP contribution in [0.15, 0.2) is 76.5 Å². The van der Waals surface area contributed by atoms with E-state index in [1.807, 2.05) is 0 Å². The zero-order valence-corrected chi connectivity index (χ0v) is 18.3. The van der Waals surface area contributed by atoms with Crippen LogP contribution in [0.5, 0.6) is 0 Å². The smallest absolute Gasteiger partial charge is 0.416 e. The highest BCUT2D eigenvalue weighted by Gasteiger charge is 2.35. The maximum absolute atomic E-state index is 13.2. The quantitative estimate of drug-likeness (QED) is 0.556. The molecule has 170 valence electrons. The van der Waals surface area contributed by atoms with E-state index in [0.29, 0.717) is 33.2 Å². The first kappa shape index (κ1) is 22.9. The van der Waals surface area contributed by atoms with Crippen LogP contribution in [-0.4, -0.2) is 22.9 Å². The molecule has 0 saturated heterocycles. The van der Waals surface area contributed by atoms with E-state index < -0.39 is 28.8 Å². The lowest BCUT2D eigenvalue weighted by atomic mass is 10.1. The predicted molar refractivity (Wildman–Crippen MR) is 118 cm³/mol. The van der Waals surface area contributed by atoms with Crippen molar-refractivity contribution in [1.82, 2.24) is 5.32 Å². The third-order valence-corrected chi connectivity index (χ3v) is 6.80. The predicted octanol–water partition coefficient (Wildman–Crippen LogP) is 4.78. The molecule has 1 aliphatic heterocycles. The highest BCUT2D eigenvalue weighted by molar-refractivity contribution is 7.91. The fourth-order valence-corrected chi connectivity index (χ4v) is 5.01. The molecule has 2 amide bonds. The first-order valence-corrected chi connectivity index (χ1v) is 11.3. The molecule has 0 spiro atoms. The topological polar surface area (TPSA) is 72.5 Å². The van der Waals surface area contributed by atoms with Crippen molar-refractivity contribution in [1.29, 1.82) is 0 Å². The highest BCUT2D eigenvalue weighted by atomic mass is 32.2. The number of rotatable bonds is 4. The van der Waals surface area contributed by atoms with Gasteiger partial charge in [-0.3, -0.25) is 9.59 Å². The first-order chi connectivity index (χ1) is 15.7. The lowest BCUT2D eigenvalue weighted by molar-refractivity contribution is -0.137. The number of hydrogen-bond donors (Lipinski definition) is 1. The number of carbonyl (C=O) groups is 2. The Kier molecular flexibility index (Phi) is 6.18. The van der Waals surface area contributed by atoms with E-state index >= 15 is 0 Å². The van der Waals surface area contributed by atoms with Gasteiger partial charge in [0.15, 0.2) is 9.79 Å². The zero-order chi connectivity index (χ0) is 23.8. The van der Waals surface area contributed by atoms with Crippen molar-refractivity contribution in [3.63, 3.8) is 0 Å². The van der Waals surface area contributed by atoms with Crippen molar-refractivity contribution < 1.29 is 27.3 Å². The van der Waals surface area contributed by atoms with E-state index in [1.54, 1.807) is 37.3 Å². The second-order valence-electron chi connectivity index (χ2n) is 7.38. The monoisotopic (exact) mass is 472 g/mol. The van der Waals surface area contributed by atoms with Crippen LogP contribution in [0.4, 0.5) is 18.9 Å². The van der Waals surface area contributed by atoms with Crippen molar-refractivity contribution in [2.75, 3.05) is 11.4 Å². The van der Waals surface area contributed by atoms with E-state index in [0.717, 1.165) is 12.1 Å². The largest absolute Gasteiger partial charge is 0.606 e. The summed E-state index contributed by atoms with van der Waals surface area (Å²) >= 11 is -1.62. The molecule has 0 saturated carbocycles. The molecular weight excluding hydrogens is 453 g/mol. The third-order valence-electron chi connectivity index (χ3n) is 5.30. The van der Waals surface area contributed by atoms with Crippen molar-refractivity contribution in [2.24, 2.45) is 0 Å². The molecule has 0 fully saturated rings. The standard InChI is InChI=1S/C24H19F3N2O3S/c1-2-29-19-13-16(22(30)28-14-15-6-5-7-17(12-15)24(25,26)27)10-11-21(19)33(32)20-9-4-3-8-18(20)23(29)31/h3-13H,2,14H2,1H3,(H,28,30). The fraction of sp³-hybridized carbons (Fsp3) is 0.167. The molecular formula is C24H19F3N2O3S. The van der Waals surface area contributed by atoms with Crippen LogP contribution >= 0.6 is 0 Å². The minimum atomic E-state index is -4.47. The Hall–Kier alpha value is -3.30. The number of nitrogens with one attached hydrogen (secondary N) is 1. The van der Waals surface area contributed by atoms with Crippen LogP contribution in [-0.2, 0) is 23.9 Å². The SMILES string of the molecule is CCN1C(=O)c2ccccc2[S+]([O-])c2ccc(C(=O)NCc3cccc(C(F)(F)F)c3)cc21. The fourth-order valence-electron chi connectivity index (χ4n) is 3.66. The summed E-state index contributed by atoms with van der Waals surface area (Å²) in [6, 6.07) is 15.9. The molecule has 9 heteroatoms. The van der Waals surface area contributed by atoms with Crippen LogP contribution < -0.4 is 10.2 Å². The van der Waals surface area contributed by atoms with Gasteiger partial charge in [0, 0.05) is 29.8 Å². The third kappa shape index (κ3) is 4.46. The summed E-state index contributed by atoms with van der Waals surface area (Å²) in [6.45, 7) is 1.97. The van der Waals surface area contributed by atoms with Gasteiger partial charge in [-0.25, -0.2) is 0 Å². The summed E-state index contributed by atoms with van der Waals surface area (Å²) in [6.07, 6.45) is -4.47. The number of carbonyl (C=O) groups excluding carboxylic acids is 2. The van der Waals surface area contributed by atoms with Gasteiger partial charge in [0.1, 0.15) is 5.69 Å². The van der Waals surface area contributed by atoms with Crippen LogP contribution in [0.2, 0.25) is 0 Å². The van der Waals surface area contributed by atoms with E-state index in [1.165, 1.54) is 29.2 Å². The summed E-state index contributed by atoms with van der Waals surface area (Å²) in [4.78, 5) is 28.1. The Morgan fingerprint density at radius 3 is 2.52 bits per heavy atom. The second-order valence-corrected chi connectivity index (χ2v) is 8.79. The average molecular weight is 472 g/mol. The number of hydrogen-bond acceptors (Lipinski definition) is 3. The molecule has 1 N–H and O–H groups in total. The number of benzene rings is 3. The number of nitrogens with zero attached hydrogens (tertiary/aromatic N) is 1. The summed E-state index contributed by atoms with van der Waals surface area (Å²) in [5, 5.41) is 2.60. The lowest BCUT2D eigenvalue weighted by Crippen LogP contribution is -2.31. The van der Waals surface area contributed by atoms with Crippen molar-refractivity contribution >= 4 is 28.7 Å². The van der Waals surface area contributed by atoms with E-state index in [9.17, 15) is 27.3 Å². The minimum absolute atomic E-state index is 0.104. The molecule has 5 nitrogen and oxygen atoms in total. The number of alkyl halides is 3. The molecule has 0 bridgehead atoms.